The second-order valence-electron chi connectivity index (χ2n) is 10.6. The average Bonchev–Trinajstić information content (AvgIpc) is 3.46. The first kappa shape index (κ1) is 28.2. The lowest BCUT2D eigenvalue weighted by atomic mass is 9.99. The van der Waals surface area contributed by atoms with Crippen LogP contribution in [0.4, 0.5) is 20.8 Å². The first-order valence-corrected chi connectivity index (χ1v) is 13.9. The van der Waals surface area contributed by atoms with E-state index >= 15 is 0 Å². The number of halogens is 1. The summed E-state index contributed by atoms with van der Waals surface area (Å²) in [4.78, 5) is 40.4. The minimum absolute atomic E-state index is 0.220. The number of nitrogens with zero attached hydrogens (tertiary/aromatic N) is 4. The van der Waals surface area contributed by atoms with E-state index in [0.717, 1.165) is 16.0 Å². The molecular weight excluding hydrogens is 549 g/mol. The molecule has 41 heavy (non-hydrogen) atoms. The minimum Gasteiger partial charge on any atom is -0.489 e. The number of nitrogens with one attached hydrogen (secondary N) is 1. The molecule has 10 nitrogen and oxygen atoms in total. The number of methoxy groups -OCH3 is 1. The average molecular weight is 580 g/mol. The van der Waals surface area contributed by atoms with Crippen LogP contribution < -0.4 is 10.1 Å². The summed E-state index contributed by atoms with van der Waals surface area (Å²) >= 11 is 1.46. The maximum atomic E-state index is 13.7. The lowest BCUT2D eigenvalue weighted by Gasteiger charge is -2.38. The highest BCUT2D eigenvalue weighted by atomic mass is 32.1. The number of ether oxygens (including phenoxy) is 3. The second kappa shape index (κ2) is 11.7. The van der Waals surface area contributed by atoms with Crippen molar-refractivity contribution >= 4 is 45.9 Å². The molecule has 3 heterocycles. The summed E-state index contributed by atoms with van der Waals surface area (Å²) in [6.45, 7) is 5.58. The van der Waals surface area contributed by atoms with Crippen LogP contribution in [0.25, 0.3) is 21.5 Å². The van der Waals surface area contributed by atoms with Crippen molar-refractivity contribution in [2.45, 2.75) is 51.4 Å². The smallest absolute Gasteiger partial charge is 0.411 e. The highest BCUT2D eigenvalue weighted by Crippen LogP contribution is 2.37. The van der Waals surface area contributed by atoms with E-state index < -0.39 is 29.8 Å². The van der Waals surface area contributed by atoms with Gasteiger partial charge in [-0.05, 0) is 45.0 Å². The van der Waals surface area contributed by atoms with E-state index in [9.17, 15) is 14.0 Å². The molecule has 1 N–H and O–H groups in total. The fourth-order valence-corrected chi connectivity index (χ4v) is 5.21. The van der Waals surface area contributed by atoms with E-state index in [1.165, 1.54) is 35.5 Å². The maximum absolute atomic E-state index is 13.7. The number of carbonyl (C=O) groups is 2. The molecule has 1 saturated heterocycles. The number of esters is 1. The van der Waals surface area contributed by atoms with Crippen molar-refractivity contribution in [1.82, 2.24) is 19.9 Å². The molecule has 1 unspecified atom stereocenters. The van der Waals surface area contributed by atoms with Gasteiger partial charge in [-0.1, -0.05) is 6.07 Å². The van der Waals surface area contributed by atoms with Crippen molar-refractivity contribution in [1.29, 1.82) is 0 Å². The normalized spacial score (nSPS) is 17.2. The van der Waals surface area contributed by atoms with Gasteiger partial charge in [0, 0.05) is 54.3 Å². The molecule has 1 aliphatic heterocycles. The number of hydrogen-bond acceptors (Lipinski definition) is 10. The van der Waals surface area contributed by atoms with Crippen molar-refractivity contribution in [3.05, 3.63) is 60.0 Å². The summed E-state index contributed by atoms with van der Waals surface area (Å²) in [7, 11) is 1.29. The van der Waals surface area contributed by atoms with Gasteiger partial charge in [0.05, 0.1) is 18.2 Å². The SMILES string of the molecule is COC(=O)[C@H]1CC(Oc2cc3nc(Nc4cccc(F)c4)ncc3cc2-c2nccs2)CCN1C(=O)OC(C)(C)C. The second-order valence-corrected chi connectivity index (χ2v) is 11.4. The van der Waals surface area contributed by atoms with Crippen LogP contribution in [0.2, 0.25) is 0 Å². The van der Waals surface area contributed by atoms with Gasteiger partial charge in [-0.15, -0.1) is 11.3 Å². The Bertz CT molecular complexity index is 1560. The Morgan fingerprint density at radius 2 is 2.00 bits per heavy atom. The van der Waals surface area contributed by atoms with Crippen molar-refractivity contribution < 1.29 is 28.2 Å². The van der Waals surface area contributed by atoms with E-state index in [-0.39, 0.29) is 18.8 Å². The molecule has 1 amide bonds. The number of rotatable bonds is 6. The Morgan fingerprint density at radius 3 is 2.71 bits per heavy atom. The van der Waals surface area contributed by atoms with Crippen LogP contribution in [0, 0.1) is 5.82 Å². The van der Waals surface area contributed by atoms with Crippen molar-refractivity contribution in [2.24, 2.45) is 0 Å². The van der Waals surface area contributed by atoms with E-state index in [2.05, 4.69) is 20.3 Å². The Hall–Kier alpha value is -4.32. The van der Waals surface area contributed by atoms with Gasteiger partial charge in [-0.2, -0.15) is 0 Å². The summed E-state index contributed by atoms with van der Waals surface area (Å²) in [5, 5.41) is 6.41. The van der Waals surface area contributed by atoms with E-state index in [1.807, 2.05) is 11.4 Å². The van der Waals surface area contributed by atoms with Gasteiger partial charge in [0.2, 0.25) is 5.95 Å². The predicted octanol–water partition coefficient (Wildman–Crippen LogP) is 5.96. The molecule has 0 saturated carbocycles. The lowest BCUT2D eigenvalue weighted by molar-refractivity contribution is -0.149. The van der Waals surface area contributed by atoms with Crippen LogP contribution in [-0.2, 0) is 14.3 Å². The highest BCUT2D eigenvalue weighted by molar-refractivity contribution is 7.13. The summed E-state index contributed by atoms with van der Waals surface area (Å²) in [5.41, 5.74) is 1.17. The number of hydrogen-bond donors (Lipinski definition) is 1. The molecule has 0 radical (unpaired) electrons. The molecule has 2 aromatic heterocycles. The van der Waals surface area contributed by atoms with Crippen LogP contribution >= 0.6 is 11.3 Å². The molecule has 1 aliphatic rings. The molecule has 1 fully saturated rings. The molecule has 0 aliphatic carbocycles. The number of aromatic nitrogens is 3. The van der Waals surface area contributed by atoms with Gasteiger partial charge in [0.25, 0.3) is 0 Å². The van der Waals surface area contributed by atoms with Crippen LogP contribution in [0.15, 0.2) is 54.2 Å². The summed E-state index contributed by atoms with van der Waals surface area (Å²) in [6, 6.07) is 8.88. The maximum Gasteiger partial charge on any atom is 0.411 e. The number of benzene rings is 2. The molecule has 5 rings (SSSR count). The third-order valence-electron chi connectivity index (χ3n) is 6.37. The number of likely N-dealkylation sites (tertiary alicyclic amines) is 1. The van der Waals surface area contributed by atoms with E-state index in [4.69, 9.17) is 14.2 Å². The number of fused-ring (bicyclic) bond motifs is 1. The highest BCUT2D eigenvalue weighted by Gasteiger charge is 2.40. The van der Waals surface area contributed by atoms with Crippen LogP contribution in [0.3, 0.4) is 0 Å². The number of amides is 1. The van der Waals surface area contributed by atoms with Gasteiger partial charge in [0.1, 0.15) is 34.3 Å². The first-order chi connectivity index (χ1) is 19.6. The Kier molecular flexibility index (Phi) is 8.02. The fraction of sp³-hybridized carbons (Fsp3) is 0.345. The number of piperidine rings is 1. The monoisotopic (exact) mass is 579 g/mol. The molecule has 214 valence electrons. The zero-order chi connectivity index (χ0) is 29.1. The van der Waals surface area contributed by atoms with Crippen molar-refractivity contribution in [2.75, 3.05) is 19.0 Å². The third kappa shape index (κ3) is 6.71. The Balaban J connectivity index is 1.44. The van der Waals surface area contributed by atoms with Gasteiger partial charge in [-0.3, -0.25) is 4.90 Å². The summed E-state index contributed by atoms with van der Waals surface area (Å²) in [5.74, 6) is -0.0826. The number of carbonyl (C=O) groups excluding carboxylic acids is 2. The van der Waals surface area contributed by atoms with Crippen LogP contribution in [0.1, 0.15) is 33.6 Å². The van der Waals surface area contributed by atoms with E-state index in [1.54, 1.807) is 51.4 Å². The number of thiazole rings is 1. The molecule has 0 bridgehead atoms. The standard InChI is InChI=1S/C29H30FN5O5S/c1-29(2,3)40-28(37)35-10-8-20(14-23(35)26(36)38-4)39-24-15-22-17(12-21(24)25-31-9-11-41-25)16-32-27(34-22)33-19-7-5-6-18(30)13-19/h5-7,9,11-13,15-16,20,23H,8,10,14H2,1-4H3,(H,32,33,34)/t20?,23-/m1/s1. The molecule has 2 atom stereocenters. The van der Waals surface area contributed by atoms with Gasteiger partial charge >= 0.3 is 12.1 Å². The van der Waals surface area contributed by atoms with Crippen LogP contribution in [0.5, 0.6) is 5.75 Å². The Labute approximate surface area is 240 Å². The molecule has 4 aromatic rings. The molecule has 2 aromatic carbocycles. The molecule has 12 heteroatoms. The lowest BCUT2D eigenvalue weighted by Crippen LogP contribution is -2.53. The van der Waals surface area contributed by atoms with Crippen molar-refractivity contribution in [3.63, 3.8) is 0 Å². The number of anilines is 2. The van der Waals surface area contributed by atoms with Crippen LogP contribution in [-0.4, -0.2) is 63.3 Å². The quantitative estimate of drug-likeness (QED) is 0.276. The minimum atomic E-state index is -0.859. The third-order valence-corrected chi connectivity index (χ3v) is 7.18. The predicted molar refractivity (Wildman–Crippen MR) is 153 cm³/mol. The largest absolute Gasteiger partial charge is 0.489 e. The zero-order valence-electron chi connectivity index (χ0n) is 23.1. The van der Waals surface area contributed by atoms with E-state index in [0.29, 0.717) is 29.3 Å². The molecular formula is C29H30FN5O5S. The summed E-state index contributed by atoms with van der Waals surface area (Å²) in [6.07, 6.45) is 3.10. The summed E-state index contributed by atoms with van der Waals surface area (Å²) < 4.78 is 30.7. The van der Waals surface area contributed by atoms with Crippen molar-refractivity contribution in [3.8, 4) is 16.3 Å². The van der Waals surface area contributed by atoms with Gasteiger partial charge < -0.3 is 19.5 Å². The fourth-order valence-electron chi connectivity index (χ4n) is 4.55. The van der Waals surface area contributed by atoms with Gasteiger partial charge in [0.15, 0.2) is 0 Å². The first-order valence-electron chi connectivity index (χ1n) is 13.1. The zero-order valence-corrected chi connectivity index (χ0v) is 23.9. The van der Waals surface area contributed by atoms with Gasteiger partial charge in [-0.25, -0.2) is 28.9 Å². The molecule has 0 spiro atoms. The Morgan fingerprint density at radius 1 is 1.17 bits per heavy atom. The topological polar surface area (TPSA) is 116 Å².